The van der Waals surface area contributed by atoms with Gasteiger partial charge in [0.25, 0.3) is 0 Å². The van der Waals surface area contributed by atoms with Gasteiger partial charge in [0.05, 0.1) is 0 Å². The Morgan fingerprint density at radius 3 is 2.35 bits per heavy atom. The number of ether oxygens (including phenoxy) is 1. The summed E-state index contributed by atoms with van der Waals surface area (Å²) in [7, 11) is 0. The lowest BCUT2D eigenvalue weighted by molar-refractivity contribution is -0.137. The van der Waals surface area contributed by atoms with Gasteiger partial charge in [-0.2, -0.15) is 5.10 Å². The molecule has 1 unspecified atom stereocenters. The lowest BCUT2D eigenvalue weighted by atomic mass is 9.96. The molecule has 2 amide bonds. The zero-order chi connectivity index (χ0) is 25.6. The fraction of sp³-hybridized carbons (Fsp3) is 0.214. The number of nitrogens with one attached hydrogen (secondary N) is 1. The van der Waals surface area contributed by atoms with Crippen molar-refractivity contribution in [1.29, 1.82) is 0 Å². The molecule has 0 radical (unpaired) electrons. The Labute approximate surface area is 213 Å². The van der Waals surface area contributed by atoms with Crippen molar-refractivity contribution < 1.29 is 18.7 Å². The highest BCUT2D eigenvalue weighted by Gasteiger charge is 2.39. The van der Waals surface area contributed by atoms with Gasteiger partial charge in [-0.25, -0.2) is 14.1 Å². The van der Waals surface area contributed by atoms with E-state index in [1.54, 1.807) is 41.3 Å². The monoisotopic (exact) mass is 499 g/mol. The van der Waals surface area contributed by atoms with Gasteiger partial charge in [0.15, 0.2) is 0 Å². The number of amides is 2. The van der Waals surface area contributed by atoms with Gasteiger partial charge in [0, 0.05) is 12.2 Å². The van der Waals surface area contributed by atoms with E-state index < -0.39 is 6.04 Å². The summed E-state index contributed by atoms with van der Waals surface area (Å²) in [5.74, 6) is 0.466. The predicted molar refractivity (Wildman–Crippen MR) is 135 cm³/mol. The average molecular weight is 500 g/mol. The first-order valence-corrected chi connectivity index (χ1v) is 12.0. The summed E-state index contributed by atoms with van der Waals surface area (Å²) in [6.45, 7) is 0.516. The standard InChI is InChI=1S/C28H26FN5O3/c29-22-6-10-24(11-7-22)37-25-12-8-23(9-13-25)32-28(36)26-15-21(14-20-4-2-1-3-5-20)16-34(26)27(35)17-33-19-30-18-31-33/h1-13,18-19,21,26H,14-17H2,(H,32,36)/t21?,26-/m0/s1. The van der Waals surface area contributed by atoms with E-state index in [-0.39, 0.29) is 30.1 Å². The summed E-state index contributed by atoms with van der Waals surface area (Å²) >= 11 is 0. The van der Waals surface area contributed by atoms with E-state index >= 15 is 0 Å². The molecule has 2 atom stereocenters. The van der Waals surface area contributed by atoms with Crippen LogP contribution < -0.4 is 10.1 Å². The highest BCUT2D eigenvalue weighted by Crippen LogP contribution is 2.29. The van der Waals surface area contributed by atoms with Crippen LogP contribution in [0.5, 0.6) is 11.5 Å². The number of anilines is 1. The van der Waals surface area contributed by atoms with Crippen LogP contribution in [0.4, 0.5) is 10.1 Å². The SMILES string of the molecule is O=C(Nc1ccc(Oc2ccc(F)cc2)cc1)[C@@H]1CC(Cc2ccccc2)CN1C(=O)Cn1cncn1. The maximum absolute atomic E-state index is 13.3. The van der Waals surface area contributed by atoms with Crippen LogP contribution in [0.25, 0.3) is 0 Å². The quantitative estimate of drug-likeness (QED) is 0.390. The number of rotatable bonds is 8. The Morgan fingerprint density at radius 1 is 0.973 bits per heavy atom. The second-order valence-electron chi connectivity index (χ2n) is 9.02. The van der Waals surface area contributed by atoms with Gasteiger partial charge >= 0.3 is 0 Å². The molecule has 5 rings (SSSR count). The molecule has 0 aliphatic carbocycles. The van der Waals surface area contributed by atoms with Crippen LogP contribution in [0.3, 0.4) is 0 Å². The summed E-state index contributed by atoms with van der Waals surface area (Å²) in [4.78, 5) is 32.0. The van der Waals surface area contributed by atoms with E-state index in [0.717, 1.165) is 6.42 Å². The lowest BCUT2D eigenvalue weighted by Gasteiger charge is -2.24. The normalized spacial score (nSPS) is 16.9. The number of aromatic nitrogens is 3. The molecule has 2 heterocycles. The van der Waals surface area contributed by atoms with Crippen molar-refractivity contribution in [2.24, 2.45) is 5.92 Å². The van der Waals surface area contributed by atoms with E-state index in [1.807, 2.05) is 18.2 Å². The van der Waals surface area contributed by atoms with Gasteiger partial charge in [0.1, 0.15) is 42.6 Å². The molecule has 188 valence electrons. The van der Waals surface area contributed by atoms with Crippen molar-refractivity contribution in [3.63, 3.8) is 0 Å². The number of likely N-dealkylation sites (tertiary alicyclic amines) is 1. The number of benzene rings is 3. The van der Waals surface area contributed by atoms with E-state index in [9.17, 15) is 14.0 Å². The molecule has 3 aromatic carbocycles. The predicted octanol–water partition coefficient (Wildman–Crippen LogP) is 4.31. The van der Waals surface area contributed by atoms with Gasteiger partial charge in [-0.3, -0.25) is 9.59 Å². The average Bonchev–Trinajstić information content (AvgIpc) is 3.57. The first kappa shape index (κ1) is 24.2. The minimum Gasteiger partial charge on any atom is -0.457 e. The van der Waals surface area contributed by atoms with Crippen LogP contribution in [-0.2, 0) is 22.6 Å². The minimum absolute atomic E-state index is 0.0251. The largest absolute Gasteiger partial charge is 0.457 e. The number of carbonyl (C=O) groups is 2. The first-order valence-electron chi connectivity index (χ1n) is 12.0. The van der Waals surface area contributed by atoms with Crippen LogP contribution in [0, 0.1) is 11.7 Å². The van der Waals surface area contributed by atoms with Gasteiger partial charge in [-0.1, -0.05) is 30.3 Å². The van der Waals surface area contributed by atoms with Crippen molar-refractivity contribution in [2.45, 2.75) is 25.4 Å². The zero-order valence-corrected chi connectivity index (χ0v) is 20.0. The second kappa shape index (κ2) is 11.0. The molecule has 1 aliphatic heterocycles. The van der Waals surface area contributed by atoms with Crippen LogP contribution in [-0.4, -0.2) is 44.1 Å². The van der Waals surface area contributed by atoms with Crippen LogP contribution in [0.1, 0.15) is 12.0 Å². The third-order valence-electron chi connectivity index (χ3n) is 6.31. The fourth-order valence-electron chi connectivity index (χ4n) is 4.56. The van der Waals surface area contributed by atoms with Crippen LogP contribution in [0.15, 0.2) is 91.5 Å². The Kier molecular flexibility index (Phi) is 7.21. The Hall–Kier alpha value is -4.53. The highest BCUT2D eigenvalue weighted by atomic mass is 19.1. The van der Waals surface area contributed by atoms with E-state index in [1.165, 1.54) is 35.0 Å². The number of hydrogen-bond donors (Lipinski definition) is 1. The maximum Gasteiger partial charge on any atom is 0.247 e. The van der Waals surface area contributed by atoms with Gasteiger partial charge in [0.2, 0.25) is 11.8 Å². The summed E-state index contributed by atoms with van der Waals surface area (Å²) in [6.07, 6.45) is 4.21. The summed E-state index contributed by atoms with van der Waals surface area (Å²) in [5.41, 5.74) is 1.76. The first-order chi connectivity index (χ1) is 18.0. The zero-order valence-electron chi connectivity index (χ0n) is 20.0. The molecule has 8 nitrogen and oxygen atoms in total. The maximum atomic E-state index is 13.3. The molecule has 1 N–H and O–H groups in total. The molecule has 1 aliphatic rings. The molecule has 0 spiro atoms. The summed E-state index contributed by atoms with van der Waals surface area (Å²) < 4.78 is 20.3. The highest BCUT2D eigenvalue weighted by molar-refractivity contribution is 5.97. The Balaban J connectivity index is 1.26. The number of hydrogen-bond acceptors (Lipinski definition) is 5. The molecular weight excluding hydrogens is 473 g/mol. The molecule has 0 saturated carbocycles. The molecule has 1 saturated heterocycles. The van der Waals surface area contributed by atoms with Crippen molar-refractivity contribution in [2.75, 3.05) is 11.9 Å². The van der Waals surface area contributed by atoms with Crippen LogP contribution >= 0.6 is 0 Å². The van der Waals surface area contributed by atoms with Crippen molar-refractivity contribution >= 4 is 17.5 Å². The number of halogens is 1. The molecule has 9 heteroatoms. The lowest BCUT2D eigenvalue weighted by Crippen LogP contribution is -2.44. The minimum atomic E-state index is -0.597. The van der Waals surface area contributed by atoms with Crippen LogP contribution in [0.2, 0.25) is 0 Å². The van der Waals surface area contributed by atoms with E-state index in [0.29, 0.717) is 30.2 Å². The van der Waals surface area contributed by atoms with Gasteiger partial charge in [-0.15, -0.1) is 0 Å². The smallest absolute Gasteiger partial charge is 0.247 e. The molecule has 37 heavy (non-hydrogen) atoms. The molecule has 4 aromatic rings. The summed E-state index contributed by atoms with van der Waals surface area (Å²) in [5, 5.41) is 6.96. The van der Waals surface area contributed by atoms with Crippen molar-refractivity contribution in [3.8, 4) is 11.5 Å². The molecule has 1 aromatic heterocycles. The topological polar surface area (TPSA) is 89.4 Å². The molecule has 1 fully saturated rings. The van der Waals surface area contributed by atoms with E-state index in [2.05, 4.69) is 27.5 Å². The number of carbonyl (C=O) groups excluding carboxylic acids is 2. The Morgan fingerprint density at radius 2 is 1.68 bits per heavy atom. The summed E-state index contributed by atoms with van der Waals surface area (Å²) in [6, 6.07) is 22.1. The number of nitrogens with zero attached hydrogens (tertiary/aromatic N) is 4. The Bertz CT molecular complexity index is 1330. The van der Waals surface area contributed by atoms with Crippen molar-refractivity contribution in [3.05, 3.63) is 103 Å². The van der Waals surface area contributed by atoms with Gasteiger partial charge in [-0.05, 0) is 72.9 Å². The molecule has 0 bridgehead atoms. The second-order valence-corrected chi connectivity index (χ2v) is 9.02. The van der Waals surface area contributed by atoms with Gasteiger partial charge < -0.3 is 15.0 Å². The fourth-order valence-corrected chi connectivity index (χ4v) is 4.56. The van der Waals surface area contributed by atoms with E-state index in [4.69, 9.17) is 4.74 Å². The third-order valence-corrected chi connectivity index (χ3v) is 6.31. The third kappa shape index (κ3) is 6.19. The van der Waals surface area contributed by atoms with Crippen molar-refractivity contribution in [1.82, 2.24) is 19.7 Å². The molecular formula is C28H26FN5O3.